The molecule has 162 valence electrons. The van der Waals surface area contributed by atoms with Crippen molar-refractivity contribution in [2.45, 2.75) is 6.92 Å². The van der Waals surface area contributed by atoms with E-state index in [9.17, 15) is 9.59 Å². The number of hydrogen-bond acceptors (Lipinski definition) is 6. The Bertz CT molecular complexity index is 1250. The standard InChI is InChI=1S/C23H16Cl2N2O5/c1-13-18(22(28)27(26-13)17-11-15(24)10-16(25)12-17)8-14-5-6-19(21(9-14)30-2)32-23(29)20-4-3-7-31-20/h3-12H,1-2H3/b18-8-. The average Bonchev–Trinajstić information content (AvgIpc) is 3.38. The lowest BCUT2D eigenvalue weighted by molar-refractivity contribution is -0.114. The average molecular weight is 471 g/mol. The molecule has 9 heteroatoms. The van der Waals surface area contributed by atoms with E-state index in [2.05, 4.69) is 5.10 Å². The van der Waals surface area contributed by atoms with Gasteiger partial charge in [0.2, 0.25) is 5.76 Å². The Morgan fingerprint density at radius 1 is 1.09 bits per heavy atom. The Morgan fingerprint density at radius 3 is 2.50 bits per heavy atom. The van der Waals surface area contributed by atoms with Crippen LogP contribution in [0.1, 0.15) is 23.0 Å². The van der Waals surface area contributed by atoms with Crippen molar-refractivity contribution < 1.29 is 23.5 Å². The minimum absolute atomic E-state index is 0.0721. The van der Waals surface area contributed by atoms with Gasteiger partial charge in [-0.1, -0.05) is 29.3 Å². The van der Waals surface area contributed by atoms with Gasteiger partial charge in [-0.2, -0.15) is 10.1 Å². The highest BCUT2D eigenvalue weighted by Crippen LogP contribution is 2.32. The number of halogens is 2. The molecule has 1 amide bonds. The topological polar surface area (TPSA) is 81.3 Å². The van der Waals surface area contributed by atoms with Gasteiger partial charge in [0.05, 0.1) is 30.3 Å². The van der Waals surface area contributed by atoms with Crippen LogP contribution in [0.5, 0.6) is 11.5 Å². The summed E-state index contributed by atoms with van der Waals surface area (Å²) < 4.78 is 15.7. The van der Waals surface area contributed by atoms with Crippen molar-refractivity contribution in [1.29, 1.82) is 0 Å². The third-order valence-electron chi connectivity index (χ3n) is 4.58. The van der Waals surface area contributed by atoms with Gasteiger partial charge in [0, 0.05) is 10.0 Å². The molecule has 0 fully saturated rings. The van der Waals surface area contributed by atoms with Gasteiger partial charge in [-0.3, -0.25) is 4.79 Å². The van der Waals surface area contributed by atoms with Crippen LogP contribution in [0.3, 0.4) is 0 Å². The lowest BCUT2D eigenvalue weighted by Crippen LogP contribution is -2.21. The number of nitrogens with zero attached hydrogens (tertiary/aromatic N) is 2. The predicted molar refractivity (Wildman–Crippen MR) is 122 cm³/mol. The van der Waals surface area contributed by atoms with Gasteiger partial charge in [0.15, 0.2) is 11.5 Å². The first-order valence-corrected chi connectivity index (χ1v) is 10.1. The fraction of sp³-hybridized carbons (Fsp3) is 0.0870. The molecule has 1 aromatic heterocycles. The minimum Gasteiger partial charge on any atom is -0.493 e. The first-order chi connectivity index (χ1) is 15.4. The number of amides is 1. The minimum atomic E-state index is -0.649. The summed E-state index contributed by atoms with van der Waals surface area (Å²) in [6.45, 7) is 1.73. The molecule has 4 rings (SSSR count). The van der Waals surface area contributed by atoms with E-state index in [0.717, 1.165) is 0 Å². The summed E-state index contributed by atoms with van der Waals surface area (Å²) in [5.41, 5.74) is 2.04. The zero-order valence-corrected chi connectivity index (χ0v) is 18.5. The van der Waals surface area contributed by atoms with Crippen molar-refractivity contribution >= 4 is 52.6 Å². The summed E-state index contributed by atoms with van der Waals surface area (Å²) >= 11 is 12.1. The molecule has 2 aromatic carbocycles. The van der Waals surface area contributed by atoms with Crippen LogP contribution in [-0.4, -0.2) is 24.7 Å². The number of esters is 1. The van der Waals surface area contributed by atoms with Gasteiger partial charge < -0.3 is 13.9 Å². The zero-order chi connectivity index (χ0) is 22.8. The van der Waals surface area contributed by atoms with Gasteiger partial charge in [-0.15, -0.1) is 0 Å². The molecule has 0 saturated carbocycles. The molecule has 0 bridgehead atoms. The first kappa shape index (κ1) is 21.7. The molecule has 0 unspecified atom stereocenters. The molecule has 1 aliphatic rings. The molecule has 32 heavy (non-hydrogen) atoms. The van der Waals surface area contributed by atoms with E-state index in [1.54, 1.807) is 55.5 Å². The maximum absolute atomic E-state index is 13.0. The van der Waals surface area contributed by atoms with E-state index in [4.69, 9.17) is 37.1 Å². The van der Waals surface area contributed by atoms with Gasteiger partial charge in [-0.05, 0) is 61.0 Å². The van der Waals surface area contributed by atoms with Crippen LogP contribution in [-0.2, 0) is 4.79 Å². The normalized spacial score (nSPS) is 14.6. The Labute approximate surface area is 193 Å². The molecule has 0 spiro atoms. The number of ether oxygens (including phenoxy) is 2. The molecular formula is C23H16Cl2N2O5. The summed E-state index contributed by atoms with van der Waals surface area (Å²) in [6.07, 6.45) is 3.06. The van der Waals surface area contributed by atoms with Crippen LogP contribution in [0, 0.1) is 0 Å². The van der Waals surface area contributed by atoms with Crippen molar-refractivity contribution in [3.05, 3.63) is 81.7 Å². The zero-order valence-electron chi connectivity index (χ0n) is 17.0. The van der Waals surface area contributed by atoms with Gasteiger partial charge in [-0.25, -0.2) is 4.79 Å². The number of anilines is 1. The van der Waals surface area contributed by atoms with E-state index >= 15 is 0 Å². The molecule has 1 aliphatic heterocycles. The number of hydrazone groups is 1. The van der Waals surface area contributed by atoms with Crippen molar-refractivity contribution in [3.63, 3.8) is 0 Å². The van der Waals surface area contributed by atoms with Gasteiger partial charge in [0.1, 0.15) is 0 Å². The number of benzene rings is 2. The number of hydrogen-bond donors (Lipinski definition) is 0. The van der Waals surface area contributed by atoms with Crippen LogP contribution < -0.4 is 14.5 Å². The fourth-order valence-corrected chi connectivity index (χ4v) is 3.61. The van der Waals surface area contributed by atoms with Crippen molar-refractivity contribution in [1.82, 2.24) is 0 Å². The van der Waals surface area contributed by atoms with E-state index in [1.807, 2.05) is 0 Å². The fourth-order valence-electron chi connectivity index (χ4n) is 3.09. The SMILES string of the molecule is COc1cc(/C=C2\C(=O)N(c3cc(Cl)cc(Cl)c3)N=C2C)ccc1OC(=O)c1ccco1. The second-order valence-corrected chi connectivity index (χ2v) is 7.64. The van der Waals surface area contributed by atoms with Crippen LogP contribution in [0.2, 0.25) is 10.0 Å². The second-order valence-electron chi connectivity index (χ2n) is 6.77. The van der Waals surface area contributed by atoms with Crippen molar-refractivity contribution in [2.75, 3.05) is 12.1 Å². The smallest absolute Gasteiger partial charge is 0.379 e. The number of methoxy groups -OCH3 is 1. The third-order valence-corrected chi connectivity index (χ3v) is 5.01. The van der Waals surface area contributed by atoms with Crippen LogP contribution in [0.15, 0.2) is 69.9 Å². The highest BCUT2D eigenvalue weighted by Gasteiger charge is 2.29. The second kappa shape index (κ2) is 8.90. The monoisotopic (exact) mass is 470 g/mol. The van der Waals surface area contributed by atoms with Gasteiger partial charge >= 0.3 is 5.97 Å². The summed E-state index contributed by atoms with van der Waals surface area (Å²) in [5, 5.41) is 6.37. The van der Waals surface area contributed by atoms with E-state index < -0.39 is 5.97 Å². The number of furan rings is 1. The van der Waals surface area contributed by atoms with E-state index in [1.165, 1.54) is 24.4 Å². The molecule has 2 heterocycles. The summed E-state index contributed by atoms with van der Waals surface area (Å²) in [4.78, 5) is 25.1. The maximum atomic E-state index is 13.0. The summed E-state index contributed by atoms with van der Waals surface area (Å²) in [7, 11) is 1.45. The van der Waals surface area contributed by atoms with Gasteiger partial charge in [0.25, 0.3) is 5.91 Å². The highest BCUT2D eigenvalue weighted by molar-refractivity contribution is 6.36. The quantitative estimate of drug-likeness (QED) is 0.274. The number of carbonyl (C=O) groups is 2. The molecule has 0 radical (unpaired) electrons. The van der Waals surface area contributed by atoms with Crippen molar-refractivity contribution in [2.24, 2.45) is 5.10 Å². The Balaban J connectivity index is 1.60. The third kappa shape index (κ3) is 4.39. The van der Waals surface area contributed by atoms with Crippen LogP contribution in [0.4, 0.5) is 5.69 Å². The molecule has 0 N–H and O–H groups in total. The molecule has 0 atom stereocenters. The Morgan fingerprint density at radius 2 is 1.84 bits per heavy atom. The molecule has 0 aliphatic carbocycles. The highest BCUT2D eigenvalue weighted by atomic mass is 35.5. The first-order valence-electron chi connectivity index (χ1n) is 9.37. The maximum Gasteiger partial charge on any atom is 0.379 e. The Kier molecular flexibility index (Phi) is 6.03. The lowest BCUT2D eigenvalue weighted by atomic mass is 10.1. The number of rotatable bonds is 5. The van der Waals surface area contributed by atoms with Crippen molar-refractivity contribution in [3.8, 4) is 11.5 Å². The molecule has 0 saturated heterocycles. The molecule has 3 aromatic rings. The Hall–Kier alpha value is -3.55. The lowest BCUT2D eigenvalue weighted by Gasteiger charge is -2.12. The van der Waals surface area contributed by atoms with E-state index in [0.29, 0.717) is 38.3 Å². The molecule has 7 nitrogen and oxygen atoms in total. The largest absolute Gasteiger partial charge is 0.493 e. The summed E-state index contributed by atoms with van der Waals surface area (Å²) in [6, 6.07) is 12.8. The molecular weight excluding hydrogens is 455 g/mol. The van der Waals surface area contributed by atoms with Crippen LogP contribution >= 0.6 is 23.2 Å². The van der Waals surface area contributed by atoms with Crippen LogP contribution in [0.25, 0.3) is 6.08 Å². The predicted octanol–water partition coefficient (Wildman–Crippen LogP) is 5.62. The van der Waals surface area contributed by atoms with E-state index in [-0.39, 0.29) is 17.4 Å². The number of carbonyl (C=O) groups excluding carboxylic acids is 2. The summed E-state index contributed by atoms with van der Waals surface area (Å²) in [5.74, 6) is -0.368.